The highest BCUT2D eigenvalue weighted by Gasteiger charge is 2.35. The molecule has 0 radical (unpaired) electrons. The van der Waals surface area contributed by atoms with Crippen LogP contribution in [0.1, 0.15) is 36.1 Å². The Labute approximate surface area is 215 Å². The van der Waals surface area contributed by atoms with E-state index in [0.29, 0.717) is 27.1 Å². The van der Waals surface area contributed by atoms with Gasteiger partial charge in [-0.05, 0) is 74.5 Å². The molecular weight excluding hydrogens is 470 g/mol. The molecule has 7 heteroatoms. The van der Waals surface area contributed by atoms with E-state index in [4.69, 9.17) is 14.5 Å². The lowest BCUT2D eigenvalue weighted by atomic mass is 10.1. The zero-order valence-corrected chi connectivity index (χ0v) is 21.5. The molecule has 0 saturated carbocycles. The molecule has 182 valence electrons. The molecule has 0 N–H and O–H groups in total. The maximum absolute atomic E-state index is 13.2. The number of ether oxygens (including phenoxy) is 2. The highest BCUT2D eigenvalue weighted by molar-refractivity contribution is 8.18. The Morgan fingerprint density at radius 1 is 1.08 bits per heavy atom. The summed E-state index contributed by atoms with van der Waals surface area (Å²) in [6.07, 6.45) is 1.84. The third-order valence-electron chi connectivity index (χ3n) is 5.62. The Kier molecular flexibility index (Phi) is 7.77. The highest BCUT2D eigenvalue weighted by atomic mass is 32.2. The van der Waals surface area contributed by atoms with Crippen LogP contribution in [0.25, 0.3) is 6.08 Å². The second-order valence-corrected chi connectivity index (χ2v) is 9.59. The molecule has 1 amide bonds. The fourth-order valence-electron chi connectivity index (χ4n) is 3.71. The van der Waals surface area contributed by atoms with Crippen LogP contribution in [-0.2, 0) is 11.4 Å². The third kappa shape index (κ3) is 5.61. The van der Waals surface area contributed by atoms with E-state index in [9.17, 15) is 10.1 Å². The van der Waals surface area contributed by atoms with Crippen molar-refractivity contribution in [2.24, 2.45) is 4.99 Å². The summed E-state index contributed by atoms with van der Waals surface area (Å²) in [7, 11) is 1.57. The molecule has 1 fully saturated rings. The van der Waals surface area contributed by atoms with Gasteiger partial charge in [-0.1, -0.05) is 42.0 Å². The SMILES string of the molecule is COc1cc(/C=C2/SC(=Nc3ccc(C)cc3)N(C(C)C)C2=O)ccc1OCc1ccccc1C#N. The normalized spacial score (nSPS) is 15.6. The maximum atomic E-state index is 13.2. The lowest BCUT2D eigenvalue weighted by Crippen LogP contribution is -2.35. The molecule has 0 unspecified atom stereocenters. The van der Waals surface area contributed by atoms with E-state index in [1.165, 1.54) is 11.8 Å². The Morgan fingerprint density at radius 2 is 1.83 bits per heavy atom. The summed E-state index contributed by atoms with van der Waals surface area (Å²) < 4.78 is 11.5. The van der Waals surface area contributed by atoms with Gasteiger partial charge in [0.25, 0.3) is 5.91 Å². The number of nitrogens with zero attached hydrogens (tertiary/aromatic N) is 3. The Hall–Kier alpha value is -4.02. The number of carbonyl (C=O) groups is 1. The van der Waals surface area contributed by atoms with E-state index >= 15 is 0 Å². The van der Waals surface area contributed by atoms with Crippen molar-refractivity contribution in [3.63, 3.8) is 0 Å². The van der Waals surface area contributed by atoms with Crippen LogP contribution >= 0.6 is 11.8 Å². The van der Waals surface area contributed by atoms with Gasteiger partial charge in [-0.25, -0.2) is 4.99 Å². The molecule has 0 aromatic heterocycles. The number of hydrogen-bond acceptors (Lipinski definition) is 6. The summed E-state index contributed by atoms with van der Waals surface area (Å²) in [4.78, 5) is 20.3. The number of methoxy groups -OCH3 is 1. The lowest BCUT2D eigenvalue weighted by molar-refractivity contribution is -0.123. The maximum Gasteiger partial charge on any atom is 0.266 e. The molecule has 1 saturated heterocycles. The average Bonchev–Trinajstić information content (AvgIpc) is 3.18. The van der Waals surface area contributed by atoms with Crippen LogP contribution in [0, 0.1) is 18.3 Å². The van der Waals surface area contributed by atoms with Crippen LogP contribution in [0.5, 0.6) is 11.5 Å². The number of amides is 1. The van der Waals surface area contributed by atoms with Crippen molar-refractivity contribution in [1.82, 2.24) is 4.90 Å². The number of carbonyl (C=O) groups excluding carboxylic acids is 1. The Balaban J connectivity index is 1.57. The van der Waals surface area contributed by atoms with Gasteiger partial charge >= 0.3 is 0 Å². The van der Waals surface area contributed by atoms with Gasteiger partial charge in [0.15, 0.2) is 16.7 Å². The Morgan fingerprint density at radius 3 is 2.53 bits per heavy atom. The van der Waals surface area contributed by atoms with Gasteiger partial charge in [-0.3, -0.25) is 9.69 Å². The number of aliphatic imine (C=N–C) groups is 1. The zero-order chi connectivity index (χ0) is 25.7. The van der Waals surface area contributed by atoms with E-state index < -0.39 is 0 Å². The minimum absolute atomic E-state index is 0.0262. The first-order valence-electron chi connectivity index (χ1n) is 11.6. The minimum Gasteiger partial charge on any atom is -0.493 e. The number of rotatable bonds is 7. The fraction of sp³-hybridized carbons (Fsp3) is 0.207. The summed E-state index contributed by atoms with van der Waals surface area (Å²) in [5, 5.41) is 9.96. The molecular formula is C29H27N3O3S. The summed E-state index contributed by atoms with van der Waals surface area (Å²) in [5.74, 6) is 1.03. The number of benzene rings is 3. The van der Waals surface area contributed by atoms with E-state index in [-0.39, 0.29) is 18.6 Å². The van der Waals surface area contributed by atoms with Crippen LogP contribution in [0.3, 0.4) is 0 Å². The van der Waals surface area contributed by atoms with Gasteiger partial charge < -0.3 is 9.47 Å². The number of aryl methyl sites for hydroxylation is 1. The predicted octanol–water partition coefficient (Wildman–Crippen LogP) is 6.47. The number of thioether (sulfide) groups is 1. The molecule has 0 bridgehead atoms. The van der Waals surface area contributed by atoms with E-state index in [0.717, 1.165) is 22.4 Å². The van der Waals surface area contributed by atoms with Crippen molar-refractivity contribution in [3.8, 4) is 17.6 Å². The van der Waals surface area contributed by atoms with Gasteiger partial charge in [0.1, 0.15) is 6.61 Å². The first-order chi connectivity index (χ1) is 17.4. The van der Waals surface area contributed by atoms with Gasteiger partial charge in [-0.2, -0.15) is 5.26 Å². The van der Waals surface area contributed by atoms with Crippen molar-refractivity contribution in [2.75, 3.05) is 7.11 Å². The summed E-state index contributed by atoms with van der Waals surface area (Å²) in [6, 6.07) is 22.9. The molecule has 1 aliphatic rings. The van der Waals surface area contributed by atoms with Crippen molar-refractivity contribution in [3.05, 3.63) is 93.9 Å². The topological polar surface area (TPSA) is 74.9 Å². The van der Waals surface area contributed by atoms with Crippen LogP contribution in [0.4, 0.5) is 5.69 Å². The zero-order valence-electron chi connectivity index (χ0n) is 20.7. The molecule has 4 rings (SSSR count). The van der Waals surface area contributed by atoms with E-state index in [1.54, 1.807) is 18.1 Å². The second kappa shape index (κ2) is 11.1. The summed E-state index contributed by atoms with van der Waals surface area (Å²) >= 11 is 1.36. The summed E-state index contributed by atoms with van der Waals surface area (Å²) in [5.41, 5.74) is 4.16. The van der Waals surface area contributed by atoms with Crippen LogP contribution in [0.2, 0.25) is 0 Å². The fourth-order valence-corrected chi connectivity index (χ4v) is 4.83. The number of hydrogen-bond donors (Lipinski definition) is 0. The molecule has 0 spiro atoms. The van der Waals surface area contributed by atoms with Gasteiger partial charge in [-0.15, -0.1) is 0 Å². The van der Waals surface area contributed by atoms with E-state index in [2.05, 4.69) is 6.07 Å². The molecule has 36 heavy (non-hydrogen) atoms. The predicted molar refractivity (Wildman–Crippen MR) is 144 cm³/mol. The standard InChI is InChI=1S/C29H27N3O3S/c1-19(2)32-28(33)27(36-29(32)31-24-12-9-20(3)10-13-24)16-21-11-14-25(26(15-21)34-4)35-18-23-8-6-5-7-22(23)17-30/h5-16,19H,18H2,1-4H3/b27-16+,31-29?. The molecule has 1 aliphatic heterocycles. The molecule has 0 aliphatic carbocycles. The Bertz CT molecular complexity index is 1370. The molecule has 3 aromatic rings. The monoisotopic (exact) mass is 497 g/mol. The largest absolute Gasteiger partial charge is 0.493 e. The third-order valence-corrected chi connectivity index (χ3v) is 6.60. The van der Waals surface area contributed by atoms with Crippen molar-refractivity contribution in [1.29, 1.82) is 5.26 Å². The van der Waals surface area contributed by atoms with Gasteiger partial charge in [0.05, 0.1) is 29.3 Å². The van der Waals surface area contributed by atoms with Gasteiger partial charge in [0, 0.05) is 11.6 Å². The molecule has 0 atom stereocenters. The van der Waals surface area contributed by atoms with Crippen LogP contribution < -0.4 is 9.47 Å². The highest BCUT2D eigenvalue weighted by Crippen LogP contribution is 2.37. The van der Waals surface area contributed by atoms with Crippen molar-refractivity contribution < 1.29 is 14.3 Å². The van der Waals surface area contributed by atoms with Crippen LogP contribution in [-0.4, -0.2) is 29.1 Å². The first-order valence-corrected chi connectivity index (χ1v) is 12.4. The minimum atomic E-state index is -0.0757. The summed E-state index contributed by atoms with van der Waals surface area (Å²) in [6.45, 7) is 6.23. The second-order valence-electron chi connectivity index (χ2n) is 8.58. The lowest BCUT2D eigenvalue weighted by Gasteiger charge is -2.19. The van der Waals surface area contributed by atoms with Crippen molar-refractivity contribution >= 4 is 34.6 Å². The molecule has 3 aromatic carbocycles. The smallest absolute Gasteiger partial charge is 0.266 e. The number of amidine groups is 1. The molecule has 6 nitrogen and oxygen atoms in total. The number of nitriles is 1. The van der Waals surface area contributed by atoms with Crippen LogP contribution in [0.15, 0.2) is 76.6 Å². The average molecular weight is 498 g/mol. The van der Waals surface area contributed by atoms with Gasteiger partial charge in [0.2, 0.25) is 0 Å². The molecule has 1 heterocycles. The van der Waals surface area contributed by atoms with E-state index in [1.807, 2.05) is 87.5 Å². The quantitative estimate of drug-likeness (QED) is 0.350. The first kappa shape index (κ1) is 25.1. The van der Waals surface area contributed by atoms with Crippen molar-refractivity contribution in [2.45, 2.75) is 33.4 Å².